The van der Waals surface area contributed by atoms with Gasteiger partial charge in [-0.1, -0.05) is 36.4 Å². The lowest BCUT2D eigenvalue weighted by molar-refractivity contribution is 0.0209. The highest BCUT2D eigenvalue weighted by Crippen LogP contribution is 2.38. The molecule has 3 fully saturated rings. The van der Waals surface area contributed by atoms with Crippen molar-refractivity contribution < 1.29 is 23.9 Å². The van der Waals surface area contributed by atoms with Gasteiger partial charge < -0.3 is 29.1 Å². The molecule has 0 saturated carbocycles. The maximum atomic E-state index is 13.6. The number of piperazine rings is 2. The average Bonchev–Trinajstić information content (AvgIpc) is 3.19. The number of carbonyl (C=O) groups is 3. The third kappa shape index (κ3) is 6.03. The minimum atomic E-state index is -0.521. The van der Waals surface area contributed by atoms with Crippen LogP contribution in [-0.2, 0) is 16.1 Å². The number of hydrogen-bond donors (Lipinski definition) is 0. The van der Waals surface area contributed by atoms with Crippen molar-refractivity contribution in [3.8, 4) is 0 Å². The summed E-state index contributed by atoms with van der Waals surface area (Å²) in [5.74, 6) is -0.0172. The number of ether oxygens (including phenoxy) is 2. The fourth-order valence-electron chi connectivity index (χ4n) is 5.98. The number of nitrogens with zero attached hydrogens (tertiary/aromatic N) is 4. The van der Waals surface area contributed by atoms with E-state index in [1.807, 2.05) is 80.0 Å². The summed E-state index contributed by atoms with van der Waals surface area (Å²) in [7, 11) is 0. The second-order valence-electron chi connectivity index (χ2n) is 11.9. The topological polar surface area (TPSA) is 82.6 Å². The number of hydrogen-bond acceptors (Lipinski definition) is 6. The van der Waals surface area contributed by atoms with Crippen molar-refractivity contribution >= 4 is 23.8 Å². The van der Waals surface area contributed by atoms with E-state index < -0.39 is 5.60 Å². The molecule has 2 aromatic rings. The van der Waals surface area contributed by atoms with Crippen LogP contribution < -0.4 is 4.90 Å². The van der Waals surface area contributed by atoms with Crippen molar-refractivity contribution in [1.29, 1.82) is 0 Å². The van der Waals surface area contributed by atoms with Crippen LogP contribution in [-0.4, -0.2) is 89.7 Å². The molecule has 3 saturated heterocycles. The van der Waals surface area contributed by atoms with Gasteiger partial charge in [0.2, 0.25) is 0 Å². The largest absolute Gasteiger partial charge is 0.445 e. The van der Waals surface area contributed by atoms with E-state index in [2.05, 4.69) is 11.0 Å². The molecule has 0 spiro atoms. The number of rotatable bonds is 4. The monoisotopic (exact) mass is 548 g/mol. The van der Waals surface area contributed by atoms with Crippen molar-refractivity contribution in [3.63, 3.8) is 0 Å². The normalized spacial score (nSPS) is 20.9. The van der Waals surface area contributed by atoms with Crippen LogP contribution >= 0.6 is 0 Å². The predicted molar refractivity (Wildman–Crippen MR) is 152 cm³/mol. The van der Waals surface area contributed by atoms with Crippen LogP contribution in [0.2, 0.25) is 0 Å². The Balaban J connectivity index is 1.20. The minimum absolute atomic E-state index is 0.0172. The van der Waals surface area contributed by atoms with Crippen LogP contribution in [0.25, 0.3) is 0 Å². The average molecular weight is 549 g/mol. The van der Waals surface area contributed by atoms with Gasteiger partial charge in [0.15, 0.2) is 0 Å². The van der Waals surface area contributed by atoms with E-state index in [9.17, 15) is 14.4 Å². The number of likely N-dealkylation sites (tertiary alicyclic amines) is 1. The van der Waals surface area contributed by atoms with E-state index in [-0.39, 0.29) is 36.8 Å². The molecule has 2 bridgehead atoms. The van der Waals surface area contributed by atoms with E-state index in [1.165, 1.54) is 0 Å². The summed E-state index contributed by atoms with van der Waals surface area (Å²) in [6.45, 7) is 10.9. The molecule has 0 aromatic heterocycles. The zero-order valence-electron chi connectivity index (χ0n) is 24.0. The Morgan fingerprint density at radius 2 is 1.43 bits per heavy atom. The Morgan fingerprint density at radius 1 is 0.800 bits per heavy atom. The third-order valence-corrected chi connectivity index (χ3v) is 7.98. The van der Waals surface area contributed by atoms with Crippen molar-refractivity contribution in [2.45, 2.75) is 64.8 Å². The van der Waals surface area contributed by atoms with Crippen LogP contribution in [0.4, 0.5) is 15.3 Å². The smallest absolute Gasteiger partial charge is 0.410 e. The van der Waals surface area contributed by atoms with Crippen LogP contribution in [0.15, 0.2) is 48.5 Å². The Labute approximate surface area is 236 Å². The molecule has 9 heteroatoms. The molecule has 0 aliphatic carbocycles. The van der Waals surface area contributed by atoms with Gasteiger partial charge in [-0.25, -0.2) is 9.59 Å². The summed E-state index contributed by atoms with van der Waals surface area (Å²) in [5.41, 5.74) is 3.13. The molecule has 9 nitrogen and oxygen atoms in total. The molecule has 3 aliphatic heterocycles. The van der Waals surface area contributed by atoms with Gasteiger partial charge in [0, 0.05) is 62.6 Å². The Bertz CT molecular complexity index is 1220. The number of amides is 3. The lowest BCUT2D eigenvalue weighted by Gasteiger charge is -2.43. The first-order valence-electron chi connectivity index (χ1n) is 14.2. The maximum absolute atomic E-state index is 13.6. The van der Waals surface area contributed by atoms with Gasteiger partial charge >= 0.3 is 12.2 Å². The lowest BCUT2D eigenvalue weighted by atomic mass is 10.0. The number of benzene rings is 2. The van der Waals surface area contributed by atoms with E-state index >= 15 is 0 Å². The fourth-order valence-corrected chi connectivity index (χ4v) is 5.98. The molecular formula is C31H40N4O5. The van der Waals surface area contributed by atoms with Gasteiger partial charge in [0.1, 0.15) is 12.2 Å². The molecule has 2 unspecified atom stereocenters. The Kier molecular flexibility index (Phi) is 7.92. The third-order valence-electron chi connectivity index (χ3n) is 7.98. The highest BCUT2D eigenvalue weighted by atomic mass is 16.6. The van der Waals surface area contributed by atoms with Crippen LogP contribution in [0.1, 0.15) is 55.1 Å². The molecule has 0 N–H and O–H groups in total. The molecule has 0 radical (unpaired) electrons. The number of fused-ring (bicyclic) bond motifs is 2. The van der Waals surface area contributed by atoms with Gasteiger partial charge in [0.05, 0.1) is 0 Å². The van der Waals surface area contributed by atoms with E-state index in [1.54, 1.807) is 4.90 Å². The molecule has 2 atom stereocenters. The van der Waals surface area contributed by atoms with Crippen molar-refractivity contribution in [3.05, 3.63) is 65.2 Å². The fraction of sp³-hybridized carbons (Fsp3) is 0.516. The standard InChI is InChI=1S/C31H40N4O5/c1-22-26(28(36)32-15-17-33(18-16-32)29(37)39-21-23-9-6-5-7-10-23)11-8-12-27(22)35-24-13-14-25(35)20-34(19-24)30(38)40-31(2,3)4/h5-12,24-25H,13-21H2,1-4H3. The Hall–Kier alpha value is -3.75. The summed E-state index contributed by atoms with van der Waals surface area (Å²) >= 11 is 0. The number of carbonyl (C=O) groups excluding carboxylic acids is 3. The maximum Gasteiger partial charge on any atom is 0.410 e. The lowest BCUT2D eigenvalue weighted by Crippen LogP contribution is -2.56. The molecular weight excluding hydrogens is 508 g/mol. The summed E-state index contributed by atoms with van der Waals surface area (Å²) in [6, 6.07) is 15.9. The van der Waals surface area contributed by atoms with Gasteiger partial charge in [-0.3, -0.25) is 4.79 Å². The SMILES string of the molecule is Cc1c(C(=O)N2CCN(C(=O)OCc3ccccc3)CC2)cccc1N1C2CCC1CN(C(=O)OC(C)(C)C)C2. The van der Waals surface area contributed by atoms with Crippen LogP contribution in [0, 0.1) is 6.92 Å². The van der Waals surface area contributed by atoms with Gasteiger partial charge in [-0.15, -0.1) is 0 Å². The van der Waals surface area contributed by atoms with Crippen molar-refractivity contribution in [1.82, 2.24) is 14.7 Å². The predicted octanol–water partition coefficient (Wildman–Crippen LogP) is 4.68. The zero-order valence-corrected chi connectivity index (χ0v) is 24.0. The Morgan fingerprint density at radius 3 is 2.05 bits per heavy atom. The van der Waals surface area contributed by atoms with Crippen LogP contribution in [0.5, 0.6) is 0 Å². The minimum Gasteiger partial charge on any atom is -0.445 e. The molecule has 3 heterocycles. The summed E-state index contributed by atoms with van der Waals surface area (Å²) in [6.07, 6.45) is 1.40. The molecule has 214 valence electrons. The van der Waals surface area contributed by atoms with E-state index in [0.29, 0.717) is 44.8 Å². The zero-order chi connectivity index (χ0) is 28.4. The van der Waals surface area contributed by atoms with Crippen molar-refractivity contribution in [2.24, 2.45) is 0 Å². The second-order valence-corrected chi connectivity index (χ2v) is 11.9. The molecule has 2 aromatic carbocycles. The molecule has 5 rings (SSSR count). The highest BCUT2D eigenvalue weighted by Gasteiger charge is 2.43. The van der Waals surface area contributed by atoms with E-state index in [0.717, 1.165) is 29.7 Å². The molecule has 40 heavy (non-hydrogen) atoms. The molecule has 3 amide bonds. The van der Waals surface area contributed by atoms with E-state index in [4.69, 9.17) is 9.47 Å². The summed E-state index contributed by atoms with van der Waals surface area (Å²) in [4.78, 5) is 46.6. The quantitative estimate of drug-likeness (QED) is 0.552. The van der Waals surface area contributed by atoms with Gasteiger partial charge in [-0.05, 0) is 63.8 Å². The first-order chi connectivity index (χ1) is 19.1. The van der Waals surface area contributed by atoms with Crippen LogP contribution in [0.3, 0.4) is 0 Å². The first kappa shape index (κ1) is 27.8. The first-order valence-corrected chi connectivity index (χ1v) is 14.2. The number of anilines is 1. The van der Waals surface area contributed by atoms with Crippen molar-refractivity contribution in [2.75, 3.05) is 44.2 Å². The highest BCUT2D eigenvalue weighted by molar-refractivity contribution is 5.97. The summed E-state index contributed by atoms with van der Waals surface area (Å²) in [5, 5.41) is 0. The molecule has 3 aliphatic rings. The second kappa shape index (κ2) is 11.4. The van der Waals surface area contributed by atoms with Gasteiger partial charge in [-0.2, -0.15) is 0 Å². The summed E-state index contributed by atoms with van der Waals surface area (Å²) < 4.78 is 11.1. The van der Waals surface area contributed by atoms with Gasteiger partial charge in [0.25, 0.3) is 5.91 Å².